The number of ether oxygens (including phenoxy) is 2. The molecule has 8 nitrogen and oxygen atoms in total. The van der Waals surface area contributed by atoms with Gasteiger partial charge in [-0.05, 0) is 43.3 Å². The molecule has 0 saturated carbocycles. The molecule has 2 amide bonds. The van der Waals surface area contributed by atoms with Crippen LogP contribution in [0.3, 0.4) is 0 Å². The molecule has 30 heavy (non-hydrogen) atoms. The molecule has 2 aromatic rings. The number of benzene rings is 2. The second-order valence-electron chi connectivity index (χ2n) is 6.88. The van der Waals surface area contributed by atoms with Crippen molar-refractivity contribution in [3.8, 4) is 5.75 Å². The fourth-order valence-corrected chi connectivity index (χ4v) is 3.12. The molecule has 0 saturated heterocycles. The van der Waals surface area contributed by atoms with Crippen molar-refractivity contribution in [1.82, 2.24) is 0 Å². The molecule has 156 valence electrons. The highest BCUT2D eigenvalue weighted by molar-refractivity contribution is 6.04. The number of nitrogens with zero attached hydrogens (tertiary/aromatic N) is 1. The maximum Gasteiger partial charge on any atom is 0.337 e. The van der Waals surface area contributed by atoms with Gasteiger partial charge in [-0.25, -0.2) is 4.79 Å². The first-order valence-electron chi connectivity index (χ1n) is 9.40. The Labute approximate surface area is 173 Å². The van der Waals surface area contributed by atoms with Gasteiger partial charge in [0.1, 0.15) is 5.75 Å². The van der Waals surface area contributed by atoms with Crippen molar-refractivity contribution < 1.29 is 28.7 Å². The number of methoxy groups -OCH3 is 1. The van der Waals surface area contributed by atoms with Crippen molar-refractivity contribution >= 4 is 34.9 Å². The van der Waals surface area contributed by atoms with Crippen molar-refractivity contribution in [3.05, 3.63) is 53.6 Å². The summed E-state index contributed by atoms with van der Waals surface area (Å²) in [5.41, 5.74) is 1.67. The van der Waals surface area contributed by atoms with E-state index in [1.807, 2.05) is 0 Å². The van der Waals surface area contributed by atoms with Crippen molar-refractivity contribution in [1.29, 1.82) is 0 Å². The molecule has 2 aromatic carbocycles. The molecule has 1 aliphatic rings. The summed E-state index contributed by atoms with van der Waals surface area (Å²) in [6, 6.07) is 11.2. The lowest BCUT2D eigenvalue weighted by Crippen LogP contribution is -2.42. The number of nitrogens with one attached hydrogen (secondary N) is 1. The lowest BCUT2D eigenvalue weighted by molar-refractivity contribution is -0.125. The topological polar surface area (TPSA) is 102 Å². The minimum absolute atomic E-state index is 0.00374. The zero-order chi connectivity index (χ0) is 21.8. The Hall–Kier alpha value is -3.68. The number of fused-ring (bicyclic) bond motifs is 1. The van der Waals surface area contributed by atoms with E-state index >= 15 is 0 Å². The molecule has 1 atom stereocenters. The summed E-state index contributed by atoms with van der Waals surface area (Å²) in [4.78, 5) is 49.9. The van der Waals surface area contributed by atoms with Crippen LogP contribution in [0.1, 0.15) is 40.5 Å². The highest BCUT2D eigenvalue weighted by Gasteiger charge is 2.29. The first kappa shape index (κ1) is 21.0. The maximum absolute atomic E-state index is 12.5. The van der Waals surface area contributed by atoms with Crippen LogP contribution in [0, 0.1) is 0 Å². The zero-order valence-corrected chi connectivity index (χ0v) is 16.9. The standard InChI is InChI=1S/C22H22N2O6/c1-13-21(27)24(2)17-12-14(7-9-19(17)30-13)18(25)8-10-20(26)23-16-6-4-5-15(11-16)22(28)29-3/h4-7,9,11-13H,8,10H2,1-3H3,(H,23,26). The predicted molar refractivity (Wildman–Crippen MR) is 110 cm³/mol. The number of hydrogen-bond donors (Lipinski definition) is 1. The number of anilines is 2. The normalized spacial score (nSPS) is 15.1. The molecule has 0 radical (unpaired) electrons. The van der Waals surface area contributed by atoms with Crippen LogP contribution >= 0.6 is 0 Å². The smallest absolute Gasteiger partial charge is 0.337 e. The third-order valence-electron chi connectivity index (χ3n) is 4.77. The highest BCUT2D eigenvalue weighted by atomic mass is 16.5. The Kier molecular flexibility index (Phi) is 6.15. The van der Waals surface area contributed by atoms with Crippen LogP contribution < -0.4 is 15.0 Å². The van der Waals surface area contributed by atoms with E-state index in [0.717, 1.165) is 0 Å². The van der Waals surface area contributed by atoms with Gasteiger partial charge in [0.2, 0.25) is 5.91 Å². The number of ketones is 1. The van der Waals surface area contributed by atoms with Gasteiger partial charge in [0.25, 0.3) is 5.91 Å². The average molecular weight is 410 g/mol. The number of Topliss-reactive ketones (excluding diaryl/α,β-unsaturated/α-hetero) is 1. The summed E-state index contributed by atoms with van der Waals surface area (Å²) in [5, 5.41) is 2.66. The number of carbonyl (C=O) groups is 4. The quantitative estimate of drug-likeness (QED) is 0.580. The Morgan fingerprint density at radius 1 is 1.10 bits per heavy atom. The fourth-order valence-electron chi connectivity index (χ4n) is 3.12. The first-order chi connectivity index (χ1) is 14.3. The van der Waals surface area contributed by atoms with Crippen LogP contribution in [0.2, 0.25) is 0 Å². The number of carbonyl (C=O) groups excluding carboxylic acids is 4. The highest BCUT2D eigenvalue weighted by Crippen LogP contribution is 2.34. The van der Waals surface area contributed by atoms with Crippen LogP contribution in [-0.2, 0) is 14.3 Å². The minimum atomic E-state index is -0.578. The molecule has 0 fully saturated rings. The minimum Gasteiger partial charge on any atom is -0.479 e. The van der Waals surface area contributed by atoms with Crippen LogP contribution in [-0.4, -0.2) is 43.8 Å². The molecule has 1 N–H and O–H groups in total. The van der Waals surface area contributed by atoms with Crippen molar-refractivity contribution in [2.24, 2.45) is 0 Å². The molecule has 0 bridgehead atoms. The van der Waals surface area contributed by atoms with Crippen molar-refractivity contribution in [3.63, 3.8) is 0 Å². The number of esters is 1. The van der Waals surface area contributed by atoms with E-state index in [1.165, 1.54) is 18.1 Å². The summed E-state index contributed by atoms with van der Waals surface area (Å²) >= 11 is 0. The predicted octanol–water partition coefficient (Wildman–Crippen LogP) is 2.82. The van der Waals surface area contributed by atoms with Crippen LogP contribution in [0.5, 0.6) is 5.75 Å². The van der Waals surface area contributed by atoms with Gasteiger partial charge < -0.3 is 19.7 Å². The van der Waals surface area contributed by atoms with Gasteiger partial charge in [0, 0.05) is 31.1 Å². The summed E-state index contributed by atoms with van der Waals surface area (Å²) < 4.78 is 10.2. The van der Waals surface area contributed by atoms with E-state index in [9.17, 15) is 19.2 Å². The SMILES string of the molecule is COC(=O)c1cccc(NC(=O)CCC(=O)c2ccc3c(c2)N(C)C(=O)C(C)O3)c1. The summed E-state index contributed by atoms with van der Waals surface area (Å²) in [6.45, 7) is 1.67. The second-order valence-corrected chi connectivity index (χ2v) is 6.88. The van der Waals surface area contributed by atoms with E-state index in [-0.39, 0.29) is 30.4 Å². The maximum atomic E-state index is 12.5. The number of likely N-dealkylation sites (N-methyl/N-ethyl adjacent to an activating group) is 1. The second kappa shape index (κ2) is 8.77. The monoisotopic (exact) mass is 410 g/mol. The van der Waals surface area contributed by atoms with Crippen molar-refractivity contribution in [2.45, 2.75) is 25.9 Å². The number of rotatable bonds is 6. The van der Waals surface area contributed by atoms with Gasteiger partial charge in [0.05, 0.1) is 18.4 Å². The number of amides is 2. The van der Waals surface area contributed by atoms with E-state index in [4.69, 9.17) is 4.74 Å². The Bertz CT molecular complexity index is 1020. The Morgan fingerprint density at radius 2 is 1.87 bits per heavy atom. The molecule has 8 heteroatoms. The molecule has 1 aliphatic heterocycles. The van der Waals surface area contributed by atoms with Crippen LogP contribution in [0.15, 0.2) is 42.5 Å². The summed E-state index contributed by atoms with van der Waals surface area (Å²) in [5.74, 6) is -0.746. The zero-order valence-electron chi connectivity index (χ0n) is 16.9. The molecule has 0 spiro atoms. The summed E-state index contributed by atoms with van der Waals surface area (Å²) in [7, 11) is 2.91. The van der Waals surface area contributed by atoms with Gasteiger partial charge in [-0.15, -0.1) is 0 Å². The molecule has 1 heterocycles. The van der Waals surface area contributed by atoms with E-state index in [0.29, 0.717) is 28.3 Å². The lowest BCUT2D eigenvalue weighted by Gasteiger charge is -2.30. The number of hydrogen-bond acceptors (Lipinski definition) is 6. The Morgan fingerprint density at radius 3 is 2.60 bits per heavy atom. The molecular weight excluding hydrogens is 388 g/mol. The van der Waals surface area contributed by atoms with Gasteiger partial charge in [0.15, 0.2) is 11.9 Å². The molecule has 0 aromatic heterocycles. The first-order valence-corrected chi connectivity index (χ1v) is 9.40. The van der Waals surface area contributed by atoms with Crippen LogP contribution in [0.25, 0.3) is 0 Å². The van der Waals surface area contributed by atoms with Gasteiger partial charge in [-0.3, -0.25) is 14.4 Å². The van der Waals surface area contributed by atoms with Crippen LogP contribution in [0.4, 0.5) is 11.4 Å². The summed E-state index contributed by atoms with van der Waals surface area (Å²) in [6.07, 6.45) is -0.609. The van der Waals surface area contributed by atoms with E-state index in [1.54, 1.807) is 50.4 Å². The lowest BCUT2D eigenvalue weighted by atomic mass is 10.0. The molecular formula is C22H22N2O6. The molecule has 3 rings (SSSR count). The van der Waals surface area contributed by atoms with Gasteiger partial charge in [-0.1, -0.05) is 6.07 Å². The molecule has 0 aliphatic carbocycles. The third-order valence-corrected chi connectivity index (χ3v) is 4.77. The van der Waals surface area contributed by atoms with Crippen molar-refractivity contribution in [2.75, 3.05) is 24.4 Å². The van der Waals surface area contributed by atoms with Gasteiger partial charge >= 0.3 is 5.97 Å². The van der Waals surface area contributed by atoms with Gasteiger partial charge in [-0.2, -0.15) is 0 Å². The largest absolute Gasteiger partial charge is 0.479 e. The van der Waals surface area contributed by atoms with E-state index in [2.05, 4.69) is 10.1 Å². The molecule has 1 unspecified atom stereocenters. The fraction of sp³-hybridized carbons (Fsp3) is 0.273. The van der Waals surface area contributed by atoms with E-state index < -0.39 is 12.1 Å². The Balaban J connectivity index is 1.62. The average Bonchev–Trinajstić information content (AvgIpc) is 2.75. The third kappa shape index (κ3) is 4.48.